The number of aliphatic hydroxyl groups excluding tert-OH is 3. The van der Waals surface area contributed by atoms with Crippen molar-refractivity contribution in [3.8, 4) is 17.9 Å². The van der Waals surface area contributed by atoms with E-state index in [1.54, 1.807) is 24.3 Å². The van der Waals surface area contributed by atoms with Crippen LogP contribution in [0.3, 0.4) is 0 Å². The molecule has 2 amide bonds. The van der Waals surface area contributed by atoms with Crippen molar-refractivity contribution in [3.05, 3.63) is 64.7 Å². The molecule has 0 radical (unpaired) electrons. The van der Waals surface area contributed by atoms with Crippen molar-refractivity contribution in [2.75, 3.05) is 64.3 Å². The number of sulfonamides is 1. The average Bonchev–Trinajstić information content (AvgIpc) is 4.08. The number of nitriles is 2. The molecule has 4 heterocycles. The van der Waals surface area contributed by atoms with Crippen LogP contribution >= 0.6 is 0 Å². The molecule has 4 atom stereocenters. The predicted octanol–water partition coefficient (Wildman–Crippen LogP) is 0.876. The van der Waals surface area contributed by atoms with Gasteiger partial charge in [-0.3, -0.25) is 24.3 Å². The smallest absolute Gasteiger partial charge is 0.300 e. The molecule has 1 aliphatic heterocycles. The molecule has 1 fully saturated rings. The van der Waals surface area contributed by atoms with Gasteiger partial charge >= 0.3 is 5.69 Å². The van der Waals surface area contributed by atoms with Crippen LogP contribution < -0.4 is 20.1 Å². The number of unbranched alkanes of at least 4 members (excludes halogenated alkanes) is 2. The Kier molecular flexibility index (Phi) is 18.5. The van der Waals surface area contributed by atoms with Crippen molar-refractivity contribution in [1.82, 2.24) is 49.7 Å². The number of aliphatic hydroxyl groups is 3. The number of hydrogen-bond acceptors (Lipinski definition) is 21. The van der Waals surface area contributed by atoms with Gasteiger partial charge in [-0.05, 0) is 79.4 Å². The number of hydrogen-bond donors (Lipinski definition) is 6. The van der Waals surface area contributed by atoms with Crippen LogP contribution in [0.2, 0.25) is 0 Å². The zero-order chi connectivity index (χ0) is 49.3. The quantitative estimate of drug-likeness (QED) is 0.0230. The van der Waals surface area contributed by atoms with Crippen LogP contribution in [0.4, 0.5) is 11.5 Å². The molecule has 3 aromatic heterocycles. The number of amides is 2. The lowest BCUT2D eigenvalue weighted by atomic mass is 10.1. The second-order valence-electron chi connectivity index (χ2n) is 15.8. The monoisotopic (exact) mass is 976 g/mol. The highest BCUT2D eigenvalue weighted by atomic mass is 32.2. The van der Waals surface area contributed by atoms with Crippen molar-refractivity contribution in [2.24, 2.45) is 0 Å². The second kappa shape index (κ2) is 24.9. The van der Waals surface area contributed by atoms with Crippen LogP contribution in [0.25, 0.3) is 22.2 Å². The molecular formula is C42H52N14O12S. The van der Waals surface area contributed by atoms with Gasteiger partial charge in [0.25, 0.3) is 0 Å². The van der Waals surface area contributed by atoms with Crippen LogP contribution in [0.1, 0.15) is 56.7 Å². The Balaban J connectivity index is 1.02. The van der Waals surface area contributed by atoms with E-state index in [9.17, 15) is 43.4 Å². The third-order valence-electron chi connectivity index (χ3n) is 11.0. The first-order valence-electron chi connectivity index (χ1n) is 22.0. The van der Waals surface area contributed by atoms with Gasteiger partial charge in [0, 0.05) is 45.1 Å². The minimum atomic E-state index is -4.27. The Morgan fingerprint density at radius 1 is 0.913 bits per heavy atom. The van der Waals surface area contributed by atoms with Gasteiger partial charge in [-0.2, -0.15) is 10.5 Å². The molecule has 26 nitrogen and oxygen atoms in total. The summed E-state index contributed by atoms with van der Waals surface area (Å²) in [4.78, 5) is 53.4. The molecule has 69 heavy (non-hydrogen) atoms. The molecule has 0 saturated carbocycles. The van der Waals surface area contributed by atoms with E-state index < -0.39 is 63.6 Å². The fourth-order valence-corrected chi connectivity index (χ4v) is 8.68. The molecule has 27 heteroatoms. The first-order valence-corrected chi connectivity index (χ1v) is 23.5. The highest BCUT2D eigenvalue weighted by Crippen LogP contribution is 2.32. The molecule has 1 aliphatic rings. The summed E-state index contributed by atoms with van der Waals surface area (Å²) in [6.07, 6.45) is 0.831. The summed E-state index contributed by atoms with van der Waals surface area (Å²) in [6.45, 7) is 1.56. The number of ether oxygens (including phenoxy) is 2. The van der Waals surface area contributed by atoms with Gasteiger partial charge < -0.3 is 45.2 Å². The summed E-state index contributed by atoms with van der Waals surface area (Å²) in [6, 6.07) is 13.3. The van der Waals surface area contributed by atoms with E-state index in [4.69, 9.17) is 20.0 Å². The second-order valence-corrected chi connectivity index (χ2v) is 17.5. The zero-order valence-corrected chi connectivity index (χ0v) is 38.1. The first kappa shape index (κ1) is 51.4. The third-order valence-corrected chi connectivity index (χ3v) is 12.5. The SMILES string of the molecule is N#CCCCN(CCCC#N)CCCNC(=O)CN(CCCNS(=O)(=O)c1ccc([N+](=O)[O-])c2nonc12)C(=O)CCOc1ccc(CNc2ncnc3c2ncn3C2OC(CO)C(O)C2O)cc1. The number of aromatic nitrogens is 6. The minimum absolute atomic E-state index is 0.0221. The summed E-state index contributed by atoms with van der Waals surface area (Å²) in [7, 11) is -4.27. The fourth-order valence-electron chi connectivity index (χ4n) is 7.48. The van der Waals surface area contributed by atoms with Crippen molar-refractivity contribution in [1.29, 1.82) is 10.5 Å². The van der Waals surface area contributed by atoms with Crippen molar-refractivity contribution in [2.45, 2.75) is 80.9 Å². The Bertz CT molecular complexity index is 2710. The number of carbonyl (C=O) groups excluding carboxylic acids is 2. The summed E-state index contributed by atoms with van der Waals surface area (Å²) < 4.78 is 46.4. The van der Waals surface area contributed by atoms with Gasteiger partial charge in [0.05, 0.1) is 49.6 Å². The van der Waals surface area contributed by atoms with E-state index in [2.05, 4.69) is 62.3 Å². The number of non-ortho nitro benzene ring substituents is 1. The maximum atomic E-state index is 13.6. The van der Waals surface area contributed by atoms with Gasteiger partial charge in [0.15, 0.2) is 28.7 Å². The normalized spacial score (nSPS) is 16.9. The molecule has 1 saturated heterocycles. The molecule has 6 N–H and O–H groups in total. The van der Waals surface area contributed by atoms with Crippen molar-refractivity contribution < 1.29 is 52.4 Å². The lowest BCUT2D eigenvalue weighted by Crippen LogP contribution is -2.43. The Morgan fingerprint density at radius 2 is 1.62 bits per heavy atom. The number of carbonyl (C=O) groups is 2. The van der Waals surface area contributed by atoms with Crippen LogP contribution in [0.15, 0.2) is 58.6 Å². The largest absolute Gasteiger partial charge is 0.493 e. The Hall–Kier alpha value is -6.98. The highest BCUT2D eigenvalue weighted by molar-refractivity contribution is 7.89. The van der Waals surface area contributed by atoms with E-state index in [0.717, 1.165) is 17.7 Å². The number of fused-ring (bicyclic) bond motifs is 2. The van der Waals surface area contributed by atoms with Gasteiger partial charge in [-0.1, -0.05) is 12.1 Å². The Morgan fingerprint density at radius 3 is 2.32 bits per heavy atom. The lowest BCUT2D eigenvalue weighted by Gasteiger charge is -2.23. The molecular weight excluding hydrogens is 925 g/mol. The average molecular weight is 977 g/mol. The van der Waals surface area contributed by atoms with Crippen molar-refractivity contribution in [3.63, 3.8) is 0 Å². The number of rotatable bonds is 28. The molecule has 2 aromatic carbocycles. The standard InChI is InChI=1S/C42H52N14O12S/c43-14-1-3-18-53(19-4-2-15-44)20-5-16-45-33(58)24-54(21-6-17-50-69(64,65)32-12-11-30(56(62)63)35-36(32)52-68-51-35)34(59)13-22-66-29-9-7-28(8-10-29)23-46-40-37-41(48-26-47-40)55(27-49-37)42-39(61)38(60)31(25-57)67-42/h7-12,26-27,31,38-39,42,50,57,60-61H,1-6,13,16-25H2,(H,45,58)(H,46,47,48). The van der Waals surface area contributed by atoms with E-state index >= 15 is 0 Å². The number of nitrogens with zero attached hydrogens (tertiary/aromatic N) is 11. The molecule has 0 spiro atoms. The molecule has 0 aliphatic carbocycles. The zero-order valence-electron chi connectivity index (χ0n) is 37.3. The number of nitrogens with one attached hydrogen (secondary N) is 3. The van der Waals surface area contributed by atoms with Crippen LogP contribution in [0, 0.1) is 32.8 Å². The molecule has 5 aromatic rings. The Labute approximate surface area is 395 Å². The number of nitro benzene ring substituents is 1. The van der Waals surface area contributed by atoms with Crippen LogP contribution in [-0.4, -0.2) is 157 Å². The summed E-state index contributed by atoms with van der Waals surface area (Å²) in [5.41, 5.74) is 0.416. The third kappa shape index (κ3) is 13.6. The number of benzene rings is 2. The predicted molar refractivity (Wildman–Crippen MR) is 241 cm³/mol. The van der Waals surface area contributed by atoms with E-state index in [1.165, 1.54) is 22.1 Å². The number of imidazole rings is 1. The van der Waals surface area contributed by atoms with Gasteiger partial charge in [0.1, 0.15) is 35.3 Å². The summed E-state index contributed by atoms with van der Waals surface area (Å²) in [5.74, 6) is -0.00940. The van der Waals surface area contributed by atoms with Crippen molar-refractivity contribution >= 4 is 55.5 Å². The van der Waals surface area contributed by atoms with Crippen LogP contribution in [0.5, 0.6) is 5.75 Å². The van der Waals surface area contributed by atoms with Gasteiger partial charge in [0.2, 0.25) is 27.4 Å². The molecule has 4 unspecified atom stereocenters. The van der Waals surface area contributed by atoms with E-state index in [1.807, 2.05) is 0 Å². The molecule has 6 rings (SSSR count). The van der Waals surface area contributed by atoms with Gasteiger partial charge in [-0.25, -0.2) is 32.7 Å². The van der Waals surface area contributed by atoms with E-state index in [-0.39, 0.29) is 55.0 Å². The van der Waals surface area contributed by atoms with Crippen LogP contribution in [-0.2, 0) is 30.9 Å². The maximum absolute atomic E-state index is 13.6. The lowest BCUT2D eigenvalue weighted by molar-refractivity contribution is -0.383. The summed E-state index contributed by atoms with van der Waals surface area (Å²) >= 11 is 0. The highest BCUT2D eigenvalue weighted by Gasteiger charge is 2.44. The fraction of sp³-hybridized carbons (Fsp3) is 0.500. The van der Waals surface area contributed by atoms with Gasteiger partial charge in [-0.15, -0.1) is 0 Å². The molecule has 0 bridgehead atoms. The molecule has 368 valence electrons. The number of anilines is 1. The topological polar surface area (TPSA) is 363 Å². The first-order chi connectivity index (χ1) is 33.3. The number of nitro groups is 1. The maximum Gasteiger partial charge on any atom is 0.300 e. The summed E-state index contributed by atoms with van der Waals surface area (Å²) in [5, 5.41) is 72.5. The van der Waals surface area contributed by atoms with E-state index in [0.29, 0.717) is 87.6 Å². The minimum Gasteiger partial charge on any atom is -0.493 e.